The molecule has 3 heteroatoms. The van der Waals surface area contributed by atoms with Gasteiger partial charge in [0.25, 0.3) is 0 Å². The van der Waals surface area contributed by atoms with Crippen molar-refractivity contribution in [3.63, 3.8) is 0 Å². The molecule has 0 amide bonds. The molecule has 0 atom stereocenters. The number of aromatic nitrogens is 2. The molecule has 7 aromatic carbocycles. The topological polar surface area (TPSA) is 38.9 Å². The van der Waals surface area contributed by atoms with Gasteiger partial charge in [0.2, 0.25) is 0 Å². The maximum atomic E-state index is 6.71. The summed E-state index contributed by atoms with van der Waals surface area (Å²) in [6.07, 6.45) is 0. The zero-order chi connectivity index (χ0) is 35.7. The minimum Gasteiger partial charge on any atom is -0.455 e. The van der Waals surface area contributed by atoms with Crippen molar-refractivity contribution in [1.29, 1.82) is 0 Å². The highest BCUT2D eigenvalue weighted by Crippen LogP contribution is 2.49. The number of para-hydroxylation sites is 1. The summed E-state index contributed by atoms with van der Waals surface area (Å²) in [4.78, 5) is 10.4. The summed E-state index contributed by atoms with van der Waals surface area (Å²) >= 11 is 0. The molecule has 1 aliphatic carbocycles. The van der Waals surface area contributed by atoms with Gasteiger partial charge in [-0.05, 0) is 82.3 Å². The summed E-state index contributed by atoms with van der Waals surface area (Å²) in [7, 11) is 0. The predicted molar refractivity (Wildman–Crippen MR) is 219 cm³/mol. The highest BCUT2D eigenvalue weighted by Gasteiger charge is 2.35. The third-order valence-electron chi connectivity index (χ3n) is 11.0. The van der Waals surface area contributed by atoms with E-state index in [0.717, 1.165) is 61.1 Å². The van der Waals surface area contributed by atoms with Gasteiger partial charge in [0.15, 0.2) is 5.82 Å². The number of fused-ring (bicyclic) bond motifs is 6. The quantitative estimate of drug-likeness (QED) is 0.182. The van der Waals surface area contributed by atoms with Crippen LogP contribution in [0.25, 0.3) is 89.2 Å². The molecule has 0 bridgehead atoms. The van der Waals surface area contributed by atoms with Crippen molar-refractivity contribution in [2.45, 2.75) is 26.2 Å². The molecule has 9 aromatic rings. The fraction of sp³-hybridized carbons (Fsp3) is 0.0800. The number of hydrogen-bond acceptors (Lipinski definition) is 3. The van der Waals surface area contributed by atoms with E-state index in [1.165, 1.54) is 38.9 Å². The predicted octanol–water partition coefficient (Wildman–Crippen LogP) is 13.3. The Labute approximate surface area is 309 Å². The molecule has 0 N–H and O–H groups in total. The Kier molecular flexibility index (Phi) is 7.06. The maximum Gasteiger partial charge on any atom is 0.161 e. The lowest BCUT2D eigenvalue weighted by Crippen LogP contribution is -2.14. The molecule has 0 saturated carbocycles. The summed E-state index contributed by atoms with van der Waals surface area (Å²) in [6.45, 7) is 6.78. The van der Waals surface area contributed by atoms with Crippen molar-refractivity contribution in [1.82, 2.24) is 9.97 Å². The molecule has 0 saturated heterocycles. The Balaban J connectivity index is 1.10. The zero-order valence-electron chi connectivity index (χ0n) is 29.9. The standard InChI is InChI=1S/C50H36N2O/c1-31-12-11-15-36(28-31)45-30-44(34-13-5-4-6-14-34)51-49(52-45)41-27-26-37(48-47(41)40-17-8-10-19-46(40)53-48)33-22-20-32(21-23-33)35-24-25-39-38-16-7-9-18-42(38)50(2,3)43(39)29-35/h4-30H,1-3H3. The van der Waals surface area contributed by atoms with Gasteiger partial charge in [-0.2, -0.15) is 0 Å². The first-order valence-electron chi connectivity index (χ1n) is 18.2. The van der Waals surface area contributed by atoms with Crippen LogP contribution in [0.4, 0.5) is 0 Å². The molecule has 10 rings (SSSR count). The molecule has 0 unspecified atom stereocenters. The van der Waals surface area contributed by atoms with Gasteiger partial charge in [-0.3, -0.25) is 0 Å². The Morgan fingerprint density at radius 3 is 1.92 bits per heavy atom. The fourth-order valence-corrected chi connectivity index (χ4v) is 8.24. The molecule has 0 radical (unpaired) electrons. The molecular weight excluding hydrogens is 645 g/mol. The largest absolute Gasteiger partial charge is 0.455 e. The number of hydrogen-bond donors (Lipinski definition) is 0. The van der Waals surface area contributed by atoms with E-state index in [0.29, 0.717) is 5.82 Å². The number of nitrogens with zero attached hydrogens (tertiary/aromatic N) is 2. The van der Waals surface area contributed by atoms with Crippen LogP contribution >= 0.6 is 0 Å². The third kappa shape index (κ3) is 5.11. The van der Waals surface area contributed by atoms with E-state index in [4.69, 9.17) is 14.4 Å². The van der Waals surface area contributed by atoms with Crippen molar-refractivity contribution in [2.24, 2.45) is 0 Å². The molecule has 0 aliphatic heterocycles. The summed E-state index contributed by atoms with van der Waals surface area (Å²) < 4.78 is 6.71. The minimum absolute atomic E-state index is 0.0400. The number of rotatable bonds is 5. The Morgan fingerprint density at radius 2 is 1.09 bits per heavy atom. The van der Waals surface area contributed by atoms with Crippen LogP contribution in [0.5, 0.6) is 0 Å². The van der Waals surface area contributed by atoms with Gasteiger partial charge in [0.1, 0.15) is 11.2 Å². The van der Waals surface area contributed by atoms with Crippen LogP contribution in [0.2, 0.25) is 0 Å². The first-order chi connectivity index (χ1) is 25.9. The second kappa shape index (κ2) is 12.0. The van der Waals surface area contributed by atoms with E-state index in [2.05, 4.69) is 166 Å². The van der Waals surface area contributed by atoms with Crippen LogP contribution in [0.3, 0.4) is 0 Å². The van der Waals surface area contributed by atoms with Crippen molar-refractivity contribution in [2.75, 3.05) is 0 Å². The van der Waals surface area contributed by atoms with E-state index in [1.54, 1.807) is 0 Å². The third-order valence-corrected chi connectivity index (χ3v) is 11.0. The lowest BCUT2D eigenvalue weighted by atomic mass is 9.81. The number of furan rings is 1. The van der Waals surface area contributed by atoms with E-state index >= 15 is 0 Å². The zero-order valence-corrected chi connectivity index (χ0v) is 29.9. The lowest BCUT2D eigenvalue weighted by molar-refractivity contribution is 0.660. The first kappa shape index (κ1) is 31.2. The average Bonchev–Trinajstić information content (AvgIpc) is 3.70. The molecule has 0 fully saturated rings. The maximum absolute atomic E-state index is 6.71. The molecular formula is C50H36N2O. The molecule has 2 aromatic heterocycles. The Bertz CT molecular complexity index is 2860. The van der Waals surface area contributed by atoms with E-state index < -0.39 is 0 Å². The van der Waals surface area contributed by atoms with Crippen LogP contribution in [0, 0.1) is 6.92 Å². The molecule has 252 valence electrons. The highest BCUT2D eigenvalue weighted by atomic mass is 16.3. The molecule has 0 spiro atoms. The van der Waals surface area contributed by atoms with Crippen LogP contribution in [0.15, 0.2) is 168 Å². The van der Waals surface area contributed by atoms with Crippen LogP contribution in [0.1, 0.15) is 30.5 Å². The summed E-state index contributed by atoms with van der Waals surface area (Å²) in [5, 5.41) is 2.06. The van der Waals surface area contributed by atoms with Gasteiger partial charge in [-0.25, -0.2) is 9.97 Å². The van der Waals surface area contributed by atoms with E-state index in [9.17, 15) is 0 Å². The molecule has 53 heavy (non-hydrogen) atoms. The van der Waals surface area contributed by atoms with Gasteiger partial charge in [-0.15, -0.1) is 0 Å². The van der Waals surface area contributed by atoms with Gasteiger partial charge < -0.3 is 4.42 Å². The van der Waals surface area contributed by atoms with Crippen molar-refractivity contribution < 1.29 is 4.42 Å². The summed E-state index contributed by atoms with van der Waals surface area (Å²) in [5.41, 5.74) is 17.6. The average molecular weight is 681 g/mol. The minimum atomic E-state index is -0.0400. The smallest absolute Gasteiger partial charge is 0.161 e. The van der Waals surface area contributed by atoms with E-state index in [-0.39, 0.29) is 5.41 Å². The second-order valence-electron chi connectivity index (χ2n) is 14.7. The van der Waals surface area contributed by atoms with Gasteiger partial charge >= 0.3 is 0 Å². The van der Waals surface area contributed by atoms with Crippen molar-refractivity contribution in [3.05, 3.63) is 180 Å². The summed E-state index contributed by atoms with van der Waals surface area (Å²) in [6, 6.07) is 58.1. The number of benzene rings is 7. The lowest BCUT2D eigenvalue weighted by Gasteiger charge is -2.22. The van der Waals surface area contributed by atoms with E-state index in [1.807, 2.05) is 18.2 Å². The summed E-state index contributed by atoms with van der Waals surface area (Å²) in [5.74, 6) is 0.669. The fourth-order valence-electron chi connectivity index (χ4n) is 8.24. The molecule has 2 heterocycles. The van der Waals surface area contributed by atoms with Gasteiger partial charge in [-0.1, -0.05) is 147 Å². The number of aryl methyl sites for hydroxylation is 1. The Hall–Kier alpha value is -6.58. The monoisotopic (exact) mass is 680 g/mol. The highest BCUT2D eigenvalue weighted by molar-refractivity contribution is 6.15. The van der Waals surface area contributed by atoms with Crippen LogP contribution in [-0.2, 0) is 5.41 Å². The van der Waals surface area contributed by atoms with Crippen LogP contribution in [-0.4, -0.2) is 9.97 Å². The molecule has 1 aliphatic rings. The van der Waals surface area contributed by atoms with Crippen molar-refractivity contribution in [3.8, 4) is 67.3 Å². The van der Waals surface area contributed by atoms with Crippen LogP contribution < -0.4 is 0 Å². The second-order valence-corrected chi connectivity index (χ2v) is 14.7. The van der Waals surface area contributed by atoms with Gasteiger partial charge in [0.05, 0.1) is 11.4 Å². The normalized spacial score (nSPS) is 13.0. The first-order valence-corrected chi connectivity index (χ1v) is 18.2. The van der Waals surface area contributed by atoms with Gasteiger partial charge in [0, 0.05) is 38.4 Å². The van der Waals surface area contributed by atoms with Crippen molar-refractivity contribution >= 4 is 21.9 Å². The SMILES string of the molecule is Cc1cccc(-c2cc(-c3ccccc3)nc(-c3ccc(-c4ccc(-c5ccc6c(c5)C(C)(C)c5ccccc5-6)cc4)c4oc5ccccc5c34)n2)c1. The Morgan fingerprint density at radius 1 is 0.453 bits per heavy atom. The molecule has 3 nitrogen and oxygen atoms in total.